The van der Waals surface area contributed by atoms with Gasteiger partial charge in [0.1, 0.15) is 17.2 Å². The average Bonchev–Trinajstić information content (AvgIpc) is 2.93. The third kappa shape index (κ3) is 2.53. The molecule has 4 heteroatoms. The van der Waals surface area contributed by atoms with E-state index in [-0.39, 0.29) is 11.7 Å². The van der Waals surface area contributed by atoms with E-state index in [1.165, 1.54) is 0 Å². The van der Waals surface area contributed by atoms with Crippen LogP contribution in [0.25, 0.3) is 16.8 Å². The first-order valence-electron chi connectivity index (χ1n) is 8.07. The monoisotopic (exact) mass is 328 g/mol. The van der Waals surface area contributed by atoms with Gasteiger partial charge in [-0.25, -0.2) is 4.98 Å². The lowest BCUT2D eigenvalue weighted by Gasteiger charge is -2.19. The van der Waals surface area contributed by atoms with Crippen molar-refractivity contribution in [2.75, 3.05) is 5.88 Å². The highest BCUT2D eigenvalue weighted by Gasteiger charge is 2.33. The van der Waals surface area contributed by atoms with E-state index in [9.17, 15) is 4.79 Å². The van der Waals surface area contributed by atoms with Gasteiger partial charge in [-0.3, -0.25) is 4.79 Å². The summed E-state index contributed by atoms with van der Waals surface area (Å²) < 4.78 is 2.07. The summed E-state index contributed by atoms with van der Waals surface area (Å²) in [6.07, 6.45) is 2.72. The number of ketones is 1. The van der Waals surface area contributed by atoms with Gasteiger partial charge in [-0.15, -0.1) is 11.6 Å². The number of carbonyl (C=O) groups is 1. The van der Waals surface area contributed by atoms with Crippen molar-refractivity contribution in [3.05, 3.63) is 47.4 Å². The van der Waals surface area contributed by atoms with Crippen molar-refractivity contribution in [2.45, 2.75) is 39.7 Å². The van der Waals surface area contributed by atoms with E-state index in [4.69, 9.17) is 16.6 Å². The van der Waals surface area contributed by atoms with E-state index >= 15 is 0 Å². The van der Waals surface area contributed by atoms with Gasteiger partial charge in [0, 0.05) is 29.5 Å². The number of aromatic nitrogens is 2. The van der Waals surface area contributed by atoms with Crippen molar-refractivity contribution in [2.24, 2.45) is 0 Å². The van der Waals surface area contributed by atoms with Gasteiger partial charge < -0.3 is 4.57 Å². The molecule has 0 fully saturated rings. The van der Waals surface area contributed by atoms with E-state index in [1.807, 2.05) is 37.3 Å². The van der Waals surface area contributed by atoms with E-state index in [0.29, 0.717) is 11.6 Å². The Morgan fingerprint density at radius 2 is 1.96 bits per heavy atom. The standard InChI is InChI=1S/C19H21ClN2O/c1-4-13-14-8-5-6-9-15(14)16-17(18(13)23)22(11-7-10-20)19(21-16)12(2)3/h4-6,8-9,12H,7,10-11H2,1-3H3/b13-4+. The van der Waals surface area contributed by atoms with Gasteiger partial charge >= 0.3 is 0 Å². The first-order chi connectivity index (χ1) is 11.1. The third-order valence-corrected chi connectivity index (χ3v) is 4.52. The van der Waals surface area contributed by atoms with Gasteiger partial charge in [-0.2, -0.15) is 0 Å². The molecule has 0 amide bonds. The van der Waals surface area contributed by atoms with Gasteiger partial charge in [0.05, 0.1) is 0 Å². The molecule has 0 saturated carbocycles. The van der Waals surface area contributed by atoms with Crippen molar-refractivity contribution < 1.29 is 4.79 Å². The summed E-state index contributed by atoms with van der Waals surface area (Å²) in [4.78, 5) is 17.9. The summed E-state index contributed by atoms with van der Waals surface area (Å²) in [7, 11) is 0. The van der Waals surface area contributed by atoms with Crippen molar-refractivity contribution in [3.8, 4) is 11.3 Å². The zero-order chi connectivity index (χ0) is 16.6. The van der Waals surface area contributed by atoms with Gasteiger partial charge in [-0.05, 0) is 18.9 Å². The zero-order valence-electron chi connectivity index (χ0n) is 13.8. The van der Waals surface area contributed by atoms with Crippen LogP contribution in [0.4, 0.5) is 0 Å². The molecule has 0 saturated heterocycles. The molecular formula is C19H21ClN2O. The lowest BCUT2D eigenvalue weighted by Crippen LogP contribution is -2.17. The number of benzene rings is 1. The Balaban J connectivity index is 2.29. The molecule has 1 heterocycles. The Hall–Kier alpha value is -1.87. The quantitative estimate of drug-likeness (QED) is 0.591. The fourth-order valence-corrected chi connectivity index (χ4v) is 3.35. The van der Waals surface area contributed by atoms with Crippen LogP contribution in [0.3, 0.4) is 0 Å². The molecule has 0 unspecified atom stereocenters. The van der Waals surface area contributed by atoms with Gasteiger partial charge in [0.15, 0.2) is 0 Å². The van der Waals surface area contributed by atoms with E-state index in [1.54, 1.807) is 0 Å². The number of halogens is 1. The predicted molar refractivity (Wildman–Crippen MR) is 95.1 cm³/mol. The molecule has 1 aromatic carbocycles. The number of fused-ring (bicyclic) bond motifs is 3. The number of hydrogen-bond donors (Lipinski definition) is 0. The Bertz CT molecular complexity index is 787. The summed E-state index contributed by atoms with van der Waals surface area (Å²) in [5, 5.41) is 0. The van der Waals surface area contributed by atoms with Crippen molar-refractivity contribution in [3.63, 3.8) is 0 Å². The molecule has 0 atom stereocenters. The number of hydrogen-bond acceptors (Lipinski definition) is 2. The van der Waals surface area contributed by atoms with Crippen molar-refractivity contribution in [1.82, 2.24) is 9.55 Å². The number of Topliss-reactive ketones (excluding diaryl/α,β-unsaturated/α-hetero) is 1. The largest absolute Gasteiger partial charge is 0.324 e. The summed E-state index contributed by atoms with van der Waals surface area (Å²) >= 11 is 5.88. The number of nitrogens with zero attached hydrogens (tertiary/aromatic N) is 2. The van der Waals surface area contributed by atoms with Crippen LogP contribution >= 0.6 is 11.6 Å². The highest BCUT2D eigenvalue weighted by molar-refractivity contribution is 6.33. The van der Waals surface area contributed by atoms with Crippen molar-refractivity contribution >= 4 is 23.0 Å². The minimum absolute atomic E-state index is 0.0650. The molecule has 0 N–H and O–H groups in total. The van der Waals surface area contributed by atoms with Gasteiger partial charge in [-0.1, -0.05) is 44.2 Å². The van der Waals surface area contributed by atoms with Crippen LogP contribution in [0.2, 0.25) is 0 Å². The number of carbonyl (C=O) groups excluding carboxylic acids is 1. The van der Waals surface area contributed by atoms with E-state index in [0.717, 1.165) is 41.2 Å². The maximum Gasteiger partial charge on any atom is 0.211 e. The molecule has 3 nitrogen and oxygen atoms in total. The first kappa shape index (κ1) is 16.0. The first-order valence-corrected chi connectivity index (χ1v) is 8.60. The normalized spacial score (nSPS) is 15.2. The molecule has 120 valence electrons. The number of allylic oxidation sites excluding steroid dienone is 2. The van der Waals surface area contributed by atoms with Gasteiger partial charge in [0.2, 0.25) is 5.78 Å². The van der Waals surface area contributed by atoms with Crippen LogP contribution < -0.4 is 0 Å². The summed E-state index contributed by atoms with van der Waals surface area (Å²) in [6.45, 7) is 6.86. The molecule has 0 bridgehead atoms. The molecule has 23 heavy (non-hydrogen) atoms. The van der Waals surface area contributed by atoms with Crippen LogP contribution in [0.15, 0.2) is 30.3 Å². The maximum atomic E-state index is 13.1. The second-order valence-corrected chi connectivity index (χ2v) is 6.47. The molecule has 1 aliphatic carbocycles. The number of alkyl halides is 1. The lowest BCUT2D eigenvalue weighted by molar-refractivity contribution is 0.104. The minimum Gasteiger partial charge on any atom is -0.324 e. The fraction of sp³-hybridized carbons (Fsp3) is 0.368. The van der Waals surface area contributed by atoms with Crippen molar-refractivity contribution in [1.29, 1.82) is 0 Å². The molecule has 1 aromatic heterocycles. The van der Waals surface area contributed by atoms with Crippen LogP contribution in [0.1, 0.15) is 55.0 Å². The molecule has 0 spiro atoms. The topological polar surface area (TPSA) is 34.9 Å². The van der Waals surface area contributed by atoms with Crippen LogP contribution in [-0.4, -0.2) is 21.2 Å². The Kier molecular flexibility index (Phi) is 4.40. The molecule has 1 aliphatic rings. The van der Waals surface area contributed by atoms with Crippen LogP contribution in [0, 0.1) is 0 Å². The van der Waals surface area contributed by atoms with Crippen LogP contribution in [-0.2, 0) is 6.54 Å². The van der Waals surface area contributed by atoms with Gasteiger partial charge in [0.25, 0.3) is 0 Å². The van der Waals surface area contributed by atoms with E-state index < -0.39 is 0 Å². The summed E-state index contributed by atoms with van der Waals surface area (Å²) in [5.74, 6) is 1.85. The molecule has 0 radical (unpaired) electrons. The Morgan fingerprint density at radius 3 is 2.57 bits per heavy atom. The second-order valence-electron chi connectivity index (χ2n) is 6.09. The summed E-state index contributed by atoms with van der Waals surface area (Å²) in [5.41, 5.74) is 4.31. The smallest absolute Gasteiger partial charge is 0.211 e. The SMILES string of the molecule is C/C=C1/C(=O)c2c(nc(C(C)C)n2CCCCl)-c2ccccc21. The highest BCUT2D eigenvalue weighted by Crippen LogP contribution is 2.40. The predicted octanol–water partition coefficient (Wildman–Crippen LogP) is 4.90. The third-order valence-electron chi connectivity index (χ3n) is 4.25. The Morgan fingerprint density at radius 1 is 1.26 bits per heavy atom. The van der Waals surface area contributed by atoms with E-state index in [2.05, 4.69) is 18.4 Å². The fourth-order valence-electron chi connectivity index (χ4n) is 3.23. The Labute approximate surface area is 142 Å². The maximum absolute atomic E-state index is 13.1. The van der Waals surface area contributed by atoms with Crippen LogP contribution in [0.5, 0.6) is 0 Å². The zero-order valence-corrected chi connectivity index (χ0v) is 14.5. The molecular weight excluding hydrogens is 308 g/mol. The molecule has 3 rings (SSSR count). The summed E-state index contributed by atoms with van der Waals surface area (Å²) in [6, 6.07) is 8.01. The molecule has 2 aromatic rings. The lowest BCUT2D eigenvalue weighted by atomic mass is 9.87. The average molecular weight is 329 g/mol. The number of imidazole rings is 1. The second kappa shape index (κ2) is 6.32. The number of rotatable bonds is 4. The minimum atomic E-state index is 0.0650. The molecule has 0 aliphatic heterocycles. The highest BCUT2D eigenvalue weighted by atomic mass is 35.5.